The van der Waals surface area contributed by atoms with Gasteiger partial charge in [-0.15, -0.1) is 24.8 Å². The summed E-state index contributed by atoms with van der Waals surface area (Å²) in [5.74, 6) is 0.309. The first kappa shape index (κ1) is 18.0. The Morgan fingerprint density at radius 2 is 2.09 bits per heavy atom. The fourth-order valence-corrected chi connectivity index (χ4v) is 3.82. The number of hydrogen-bond acceptors (Lipinski definition) is 3. The number of carbonyl (C=O) groups is 1. The van der Waals surface area contributed by atoms with Crippen LogP contribution in [0.4, 0.5) is 4.39 Å². The topological polar surface area (TPSA) is 75.0 Å². The van der Waals surface area contributed by atoms with Crippen LogP contribution in [0.2, 0.25) is 0 Å². The molecule has 3 atom stereocenters. The average molecular weight is 361 g/mol. The van der Waals surface area contributed by atoms with Gasteiger partial charge in [0.1, 0.15) is 11.3 Å². The third kappa shape index (κ3) is 2.91. The summed E-state index contributed by atoms with van der Waals surface area (Å²) in [5.41, 5.74) is 7.52. The molecule has 1 saturated carbocycles. The standard InChI is InChI=1S/C15H17FN4O.2ClH/c16-9-3-10(14-13(4-9)18-7-19-14)15(21)20-5-8-1-2-12(17)11(8)6-20;;/h3-4,7-8,11-12H,1-2,5-6,17H2,(H,18,19);2*1H. The maximum absolute atomic E-state index is 13.7. The van der Waals surface area contributed by atoms with Gasteiger partial charge in [0.05, 0.1) is 17.4 Å². The van der Waals surface area contributed by atoms with E-state index in [9.17, 15) is 9.18 Å². The number of amides is 1. The summed E-state index contributed by atoms with van der Waals surface area (Å²) in [6.45, 7) is 1.40. The molecule has 2 heterocycles. The number of hydrogen-bond donors (Lipinski definition) is 2. The molecule has 1 aromatic carbocycles. The molecule has 0 radical (unpaired) electrons. The van der Waals surface area contributed by atoms with E-state index in [1.807, 2.05) is 0 Å². The molecule has 2 aromatic rings. The molecule has 1 aliphatic carbocycles. The quantitative estimate of drug-likeness (QED) is 0.819. The van der Waals surface area contributed by atoms with Gasteiger partial charge in [-0.05, 0) is 36.8 Å². The number of rotatable bonds is 1. The zero-order valence-electron chi connectivity index (χ0n) is 12.4. The molecule has 1 saturated heterocycles. The van der Waals surface area contributed by atoms with E-state index < -0.39 is 5.82 Å². The van der Waals surface area contributed by atoms with Crippen molar-refractivity contribution in [3.63, 3.8) is 0 Å². The molecule has 2 fully saturated rings. The number of fused-ring (bicyclic) bond motifs is 2. The minimum atomic E-state index is -0.425. The summed E-state index contributed by atoms with van der Waals surface area (Å²) in [6, 6.07) is 2.82. The third-order valence-electron chi connectivity index (χ3n) is 4.92. The highest BCUT2D eigenvalue weighted by atomic mass is 35.5. The Bertz CT molecular complexity index is 723. The average Bonchev–Trinajstić information content (AvgIpc) is 3.14. The number of aromatic amines is 1. The number of aromatic nitrogens is 2. The molecule has 3 N–H and O–H groups in total. The highest BCUT2D eigenvalue weighted by Gasteiger charge is 2.42. The van der Waals surface area contributed by atoms with E-state index in [-0.39, 0.29) is 36.8 Å². The molecule has 0 bridgehead atoms. The van der Waals surface area contributed by atoms with Crippen molar-refractivity contribution in [2.24, 2.45) is 17.6 Å². The SMILES string of the molecule is Cl.Cl.NC1CCC2CN(C(=O)c3cc(F)cc4[nH]cnc34)CC12. The molecule has 23 heavy (non-hydrogen) atoms. The first-order chi connectivity index (χ1) is 10.1. The number of nitrogens with zero attached hydrogens (tertiary/aromatic N) is 2. The largest absolute Gasteiger partial charge is 0.344 e. The summed E-state index contributed by atoms with van der Waals surface area (Å²) in [5, 5.41) is 0. The fraction of sp³-hybridized carbons (Fsp3) is 0.467. The minimum absolute atomic E-state index is 0. The van der Waals surface area contributed by atoms with Crippen molar-refractivity contribution in [1.82, 2.24) is 14.9 Å². The molecule has 8 heteroatoms. The summed E-state index contributed by atoms with van der Waals surface area (Å²) in [4.78, 5) is 21.5. The van der Waals surface area contributed by atoms with E-state index in [2.05, 4.69) is 9.97 Å². The van der Waals surface area contributed by atoms with Crippen molar-refractivity contribution in [3.8, 4) is 0 Å². The number of H-pyrrole nitrogens is 1. The van der Waals surface area contributed by atoms with Crippen LogP contribution in [0.3, 0.4) is 0 Å². The zero-order valence-corrected chi connectivity index (χ0v) is 14.0. The van der Waals surface area contributed by atoms with Gasteiger partial charge < -0.3 is 15.6 Å². The lowest BCUT2D eigenvalue weighted by atomic mass is 9.98. The van der Waals surface area contributed by atoms with Crippen LogP contribution in [-0.4, -0.2) is 39.9 Å². The van der Waals surface area contributed by atoms with Gasteiger partial charge in [-0.3, -0.25) is 4.79 Å². The molecule has 0 spiro atoms. The van der Waals surface area contributed by atoms with Gasteiger partial charge in [0.15, 0.2) is 0 Å². The molecule has 4 rings (SSSR count). The van der Waals surface area contributed by atoms with Crippen molar-refractivity contribution in [1.29, 1.82) is 0 Å². The Kier molecular flexibility index (Phi) is 5.18. The van der Waals surface area contributed by atoms with Gasteiger partial charge in [0.25, 0.3) is 5.91 Å². The Hall–Kier alpha value is -1.37. The summed E-state index contributed by atoms with van der Waals surface area (Å²) in [7, 11) is 0. The summed E-state index contributed by atoms with van der Waals surface area (Å²) >= 11 is 0. The second-order valence-electron chi connectivity index (χ2n) is 6.13. The van der Waals surface area contributed by atoms with Crippen LogP contribution < -0.4 is 5.73 Å². The maximum Gasteiger partial charge on any atom is 0.256 e. The van der Waals surface area contributed by atoms with Crippen LogP contribution in [0.5, 0.6) is 0 Å². The van der Waals surface area contributed by atoms with Crippen molar-refractivity contribution in [2.45, 2.75) is 18.9 Å². The zero-order chi connectivity index (χ0) is 14.6. The van der Waals surface area contributed by atoms with Crippen LogP contribution in [0.1, 0.15) is 23.2 Å². The van der Waals surface area contributed by atoms with Crippen LogP contribution in [-0.2, 0) is 0 Å². The van der Waals surface area contributed by atoms with Gasteiger partial charge in [-0.1, -0.05) is 0 Å². The normalized spacial score (nSPS) is 25.8. The first-order valence-corrected chi connectivity index (χ1v) is 7.31. The van der Waals surface area contributed by atoms with E-state index >= 15 is 0 Å². The predicted molar refractivity (Wildman–Crippen MR) is 90.6 cm³/mol. The second kappa shape index (κ2) is 6.63. The predicted octanol–water partition coefficient (Wildman–Crippen LogP) is 2.35. The highest BCUT2D eigenvalue weighted by Crippen LogP contribution is 2.37. The lowest BCUT2D eigenvalue weighted by Gasteiger charge is -2.19. The Morgan fingerprint density at radius 3 is 2.83 bits per heavy atom. The first-order valence-electron chi connectivity index (χ1n) is 7.31. The lowest BCUT2D eigenvalue weighted by molar-refractivity contribution is 0.0781. The number of nitrogens with one attached hydrogen (secondary N) is 1. The van der Waals surface area contributed by atoms with Gasteiger partial charge >= 0.3 is 0 Å². The third-order valence-corrected chi connectivity index (χ3v) is 4.92. The summed E-state index contributed by atoms with van der Waals surface area (Å²) in [6.07, 6.45) is 3.60. The van der Waals surface area contributed by atoms with Crippen molar-refractivity contribution in [2.75, 3.05) is 13.1 Å². The molecule has 1 amide bonds. The molecular weight excluding hydrogens is 342 g/mol. The Morgan fingerprint density at radius 1 is 1.30 bits per heavy atom. The van der Waals surface area contributed by atoms with Gasteiger partial charge in [-0.2, -0.15) is 0 Å². The minimum Gasteiger partial charge on any atom is -0.344 e. The molecule has 3 unspecified atom stereocenters. The van der Waals surface area contributed by atoms with E-state index in [0.717, 1.165) is 19.4 Å². The van der Waals surface area contributed by atoms with Crippen molar-refractivity contribution in [3.05, 3.63) is 29.8 Å². The Balaban J connectivity index is 0.000000960. The molecule has 1 aliphatic heterocycles. The van der Waals surface area contributed by atoms with Crippen LogP contribution in [0.25, 0.3) is 11.0 Å². The monoisotopic (exact) mass is 360 g/mol. The molecule has 2 aliphatic rings. The van der Waals surface area contributed by atoms with E-state index in [0.29, 0.717) is 35.0 Å². The van der Waals surface area contributed by atoms with E-state index in [4.69, 9.17) is 5.73 Å². The van der Waals surface area contributed by atoms with Crippen molar-refractivity contribution >= 4 is 41.8 Å². The van der Waals surface area contributed by atoms with Gasteiger partial charge in [0.2, 0.25) is 0 Å². The number of nitrogens with two attached hydrogens (primary N) is 1. The highest BCUT2D eigenvalue weighted by molar-refractivity contribution is 6.04. The maximum atomic E-state index is 13.7. The number of benzene rings is 1. The molecule has 5 nitrogen and oxygen atoms in total. The van der Waals surface area contributed by atoms with Crippen LogP contribution in [0, 0.1) is 17.7 Å². The van der Waals surface area contributed by atoms with Crippen LogP contribution >= 0.6 is 24.8 Å². The smallest absolute Gasteiger partial charge is 0.256 e. The van der Waals surface area contributed by atoms with E-state index in [1.165, 1.54) is 18.5 Å². The Labute approximate surface area is 145 Å². The summed E-state index contributed by atoms with van der Waals surface area (Å²) < 4.78 is 13.7. The molecular formula is C15H19Cl2FN4O. The van der Waals surface area contributed by atoms with Crippen molar-refractivity contribution < 1.29 is 9.18 Å². The molecule has 126 valence electrons. The number of likely N-dealkylation sites (tertiary alicyclic amines) is 1. The molecule has 1 aromatic heterocycles. The fourth-order valence-electron chi connectivity index (χ4n) is 3.82. The lowest BCUT2D eigenvalue weighted by Crippen LogP contribution is -2.33. The van der Waals surface area contributed by atoms with Gasteiger partial charge in [0, 0.05) is 19.1 Å². The number of imidazole rings is 1. The van der Waals surface area contributed by atoms with Gasteiger partial charge in [-0.25, -0.2) is 9.37 Å². The second-order valence-corrected chi connectivity index (χ2v) is 6.13. The van der Waals surface area contributed by atoms with Crippen LogP contribution in [0.15, 0.2) is 18.5 Å². The number of halogens is 3. The number of carbonyl (C=O) groups excluding carboxylic acids is 1. The van der Waals surface area contributed by atoms with E-state index in [1.54, 1.807) is 4.90 Å².